The Kier molecular flexibility index (Phi) is 5.27. The standard InChI is InChI=1S/C23H23FN2O5S/c24-26(21-18-14-31-22-16(20(18)21)8-3-9-17(22)23(27)28)32(29,30)19-10-2-1-6-15(19)7-4-11-25-12-5-13-25/h1-4,6-10,18,20-21H,5,11-14H2,(H,27,28)/b7-4-. The Morgan fingerprint density at radius 1 is 1.22 bits per heavy atom. The van der Waals surface area contributed by atoms with E-state index in [1.165, 1.54) is 18.6 Å². The molecule has 0 amide bonds. The third-order valence-corrected chi connectivity index (χ3v) is 8.08. The van der Waals surface area contributed by atoms with Crippen molar-refractivity contribution in [1.82, 2.24) is 9.43 Å². The van der Waals surface area contributed by atoms with Crippen LogP contribution in [-0.4, -0.2) is 61.2 Å². The van der Waals surface area contributed by atoms with Gasteiger partial charge in [-0.2, -0.15) is 0 Å². The molecule has 1 aliphatic carbocycles. The minimum Gasteiger partial charge on any atom is -0.492 e. The number of carboxylic acids is 1. The molecule has 0 bridgehead atoms. The lowest BCUT2D eigenvalue weighted by Gasteiger charge is -2.29. The van der Waals surface area contributed by atoms with Crippen LogP contribution in [0.1, 0.15) is 33.8 Å². The number of fused-ring (bicyclic) bond motifs is 3. The van der Waals surface area contributed by atoms with E-state index < -0.39 is 28.0 Å². The lowest BCUT2D eigenvalue weighted by molar-refractivity contribution is 0.0690. The number of halogens is 1. The number of rotatable bonds is 7. The SMILES string of the molecule is O=C(O)c1cccc2c1OCC1C2C1N(F)S(=O)(=O)c1ccccc1/C=C\CN1CCC1. The quantitative estimate of drug-likeness (QED) is 0.642. The van der Waals surface area contributed by atoms with Crippen molar-refractivity contribution in [2.24, 2.45) is 5.92 Å². The summed E-state index contributed by atoms with van der Waals surface area (Å²) in [5.74, 6) is -1.74. The molecule has 2 aliphatic heterocycles. The molecule has 3 atom stereocenters. The third-order valence-electron chi connectivity index (χ3n) is 6.45. The van der Waals surface area contributed by atoms with Crippen molar-refractivity contribution in [3.8, 4) is 5.75 Å². The first-order valence-corrected chi connectivity index (χ1v) is 12.0. The molecule has 0 spiro atoms. The van der Waals surface area contributed by atoms with Gasteiger partial charge in [-0.15, -0.1) is 4.48 Å². The molecule has 7 nitrogen and oxygen atoms in total. The summed E-state index contributed by atoms with van der Waals surface area (Å²) in [7, 11) is -4.41. The van der Waals surface area contributed by atoms with E-state index in [0.717, 1.165) is 19.6 Å². The smallest absolute Gasteiger partial charge is 0.339 e. The molecule has 2 fully saturated rings. The molecule has 1 saturated heterocycles. The molecule has 3 aliphatic rings. The van der Waals surface area contributed by atoms with Crippen molar-refractivity contribution in [2.75, 3.05) is 26.2 Å². The summed E-state index contributed by atoms with van der Waals surface area (Å²) in [5.41, 5.74) is 0.966. The van der Waals surface area contributed by atoms with E-state index in [9.17, 15) is 18.3 Å². The first kappa shape index (κ1) is 21.1. The molecule has 2 aromatic carbocycles. The van der Waals surface area contributed by atoms with Crippen molar-refractivity contribution < 1.29 is 27.5 Å². The lowest BCUT2D eigenvalue weighted by Crippen LogP contribution is -2.36. The molecular formula is C23H23FN2O5S. The van der Waals surface area contributed by atoms with E-state index in [2.05, 4.69) is 4.90 Å². The average molecular weight is 459 g/mol. The molecule has 2 heterocycles. The highest BCUT2D eigenvalue weighted by atomic mass is 32.2. The first-order chi connectivity index (χ1) is 15.4. The van der Waals surface area contributed by atoms with E-state index in [-0.39, 0.29) is 33.3 Å². The molecule has 1 saturated carbocycles. The van der Waals surface area contributed by atoms with Crippen LogP contribution in [0.4, 0.5) is 4.48 Å². The minimum atomic E-state index is -4.41. The number of para-hydroxylation sites is 1. The van der Waals surface area contributed by atoms with Crippen LogP contribution in [0.25, 0.3) is 6.08 Å². The number of aromatic carboxylic acids is 1. The molecule has 5 rings (SSSR count). The Hall–Kier alpha value is -2.75. The lowest BCUT2D eigenvalue weighted by atomic mass is 10.0. The van der Waals surface area contributed by atoms with Crippen LogP contribution in [0.3, 0.4) is 0 Å². The van der Waals surface area contributed by atoms with E-state index in [1.54, 1.807) is 36.4 Å². The Bertz CT molecular complexity index is 1190. The summed E-state index contributed by atoms with van der Waals surface area (Å²) in [4.78, 5) is 13.6. The van der Waals surface area contributed by atoms with Gasteiger partial charge in [0.15, 0.2) is 0 Å². The van der Waals surface area contributed by atoms with Crippen LogP contribution < -0.4 is 4.74 Å². The van der Waals surface area contributed by atoms with Crippen molar-refractivity contribution in [3.05, 3.63) is 65.2 Å². The summed E-state index contributed by atoms with van der Waals surface area (Å²) < 4.78 is 47.4. The Balaban J connectivity index is 1.40. The average Bonchev–Trinajstić information content (AvgIpc) is 3.49. The highest BCUT2D eigenvalue weighted by molar-refractivity contribution is 7.89. The van der Waals surface area contributed by atoms with Crippen molar-refractivity contribution in [1.29, 1.82) is 0 Å². The number of nitrogens with zero attached hydrogens (tertiary/aromatic N) is 2. The van der Waals surface area contributed by atoms with Gasteiger partial charge in [-0.1, -0.05) is 42.5 Å². The minimum absolute atomic E-state index is 0.00227. The van der Waals surface area contributed by atoms with Gasteiger partial charge in [-0.05, 0) is 41.7 Å². The van der Waals surface area contributed by atoms with Crippen LogP contribution in [0.2, 0.25) is 0 Å². The second-order valence-corrected chi connectivity index (χ2v) is 10.1. The summed E-state index contributed by atoms with van der Waals surface area (Å²) in [5, 5.41) is 9.38. The Morgan fingerprint density at radius 2 is 2.00 bits per heavy atom. The predicted octanol–water partition coefficient (Wildman–Crippen LogP) is 3.15. The van der Waals surface area contributed by atoms with Gasteiger partial charge in [0.25, 0.3) is 10.0 Å². The zero-order valence-electron chi connectivity index (χ0n) is 17.2. The normalized spacial score (nSPS) is 24.5. The van der Waals surface area contributed by atoms with Gasteiger partial charge < -0.3 is 9.84 Å². The fraction of sp³-hybridized carbons (Fsp3) is 0.348. The number of hydrogen-bond donors (Lipinski definition) is 1. The van der Waals surface area contributed by atoms with Gasteiger partial charge >= 0.3 is 5.97 Å². The molecular weight excluding hydrogens is 435 g/mol. The zero-order valence-corrected chi connectivity index (χ0v) is 18.0. The number of carbonyl (C=O) groups is 1. The monoisotopic (exact) mass is 458 g/mol. The maximum atomic E-state index is 15.4. The summed E-state index contributed by atoms with van der Waals surface area (Å²) in [6.07, 6.45) is 4.78. The maximum Gasteiger partial charge on any atom is 0.339 e. The molecule has 2 aromatic rings. The molecule has 0 aromatic heterocycles. The number of ether oxygens (including phenoxy) is 1. The van der Waals surface area contributed by atoms with Crippen LogP contribution in [0.5, 0.6) is 5.75 Å². The number of carboxylic acid groups (broad SMARTS) is 1. The van der Waals surface area contributed by atoms with Gasteiger partial charge in [0.05, 0.1) is 17.5 Å². The topological polar surface area (TPSA) is 87.1 Å². The van der Waals surface area contributed by atoms with Gasteiger partial charge in [-0.3, -0.25) is 4.90 Å². The number of hydrogen-bond acceptors (Lipinski definition) is 5. The van der Waals surface area contributed by atoms with E-state index in [4.69, 9.17) is 4.74 Å². The van der Waals surface area contributed by atoms with Crippen molar-refractivity contribution in [3.63, 3.8) is 0 Å². The van der Waals surface area contributed by atoms with Gasteiger partial charge in [0.2, 0.25) is 0 Å². The number of sulfonamides is 1. The maximum absolute atomic E-state index is 15.4. The second kappa shape index (κ2) is 7.99. The van der Waals surface area contributed by atoms with E-state index in [1.807, 2.05) is 6.08 Å². The van der Waals surface area contributed by atoms with Gasteiger partial charge in [0, 0.05) is 23.9 Å². The van der Waals surface area contributed by atoms with Crippen LogP contribution in [0.15, 0.2) is 53.4 Å². The highest BCUT2D eigenvalue weighted by Crippen LogP contribution is 2.58. The Morgan fingerprint density at radius 3 is 2.72 bits per heavy atom. The number of benzene rings is 2. The summed E-state index contributed by atoms with van der Waals surface area (Å²) in [6, 6.07) is 10.1. The fourth-order valence-electron chi connectivity index (χ4n) is 4.58. The molecule has 1 N–H and O–H groups in total. The van der Waals surface area contributed by atoms with Crippen molar-refractivity contribution >= 4 is 22.1 Å². The molecule has 3 unspecified atom stereocenters. The van der Waals surface area contributed by atoms with Crippen LogP contribution >= 0.6 is 0 Å². The second-order valence-electron chi connectivity index (χ2n) is 8.36. The van der Waals surface area contributed by atoms with Gasteiger partial charge in [0.1, 0.15) is 11.3 Å². The fourth-order valence-corrected chi connectivity index (χ4v) is 6.06. The summed E-state index contributed by atoms with van der Waals surface area (Å²) >= 11 is 0. The Labute approximate surface area is 185 Å². The molecule has 0 radical (unpaired) electrons. The van der Waals surface area contributed by atoms with Crippen LogP contribution in [0, 0.1) is 5.92 Å². The van der Waals surface area contributed by atoms with Crippen molar-refractivity contribution in [2.45, 2.75) is 23.3 Å². The highest BCUT2D eigenvalue weighted by Gasteiger charge is 2.61. The van der Waals surface area contributed by atoms with Gasteiger partial charge in [-0.25, -0.2) is 13.2 Å². The largest absolute Gasteiger partial charge is 0.492 e. The molecule has 9 heteroatoms. The zero-order chi connectivity index (χ0) is 22.5. The van der Waals surface area contributed by atoms with E-state index in [0.29, 0.717) is 11.1 Å². The number of likely N-dealkylation sites (tertiary alicyclic amines) is 1. The molecule has 168 valence electrons. The third kappa shape index (κ3) is 3.50. The predicted molar refractivity (Wildman–Crippen MR) is 116 cm³/mol. The first-order valence-electron chi connectivity index (χ1n) is 10.6. The summed E-state index contributed by atoms with van der Waals surface area (Å²) in [6.45, 7) is 2.85. The van der Waals surface area contributed by atoms with Crippen LogP contribution in [-0.2, 0) is 10.0 Å². The van der Waals surface area contributed by atoms with E-state index >= 15 is 4.48 Å². The molecule has 32 heavy (non-hydrogen) atoms.